The van der Waals surface area contributed by atoms with Gasteiger partial charge >= 0.3 is 0 Å². The molecule has 5 heteroatoms. The first-order chi connectivity index (χ1) is 6.49. The highest BCUT2D eigenvalue weighted by atomic mass is 16.4. The Balaban J connectivity index is 4.43. The van der Waals surface area contributed by atoms with E-state index in [-0.39, 0.29) is 19.0 Å². The number of terminal acetylenes is 1. The van der Waals surface area contributed by atoms with Crippen LogP contribution >= 0.6 is 0 Å². The van der Waals surface area contributed by atoms with E-state index in [1.807, 2.05) is 0 Å². The summed E-state index contributed by atoms with van der Waals surface area (Å²) in [6.07, 6.45) is 5.02. The topological polar surface area (TPSA) is 81.0 Å². The van der Waals surface area contributed by atoms with Crippen LogP contribution in [0.4, 0.5) is 0 Å². The maximum Gasteiger partial charge on any atom is 0.220 e. The van der Waals surface area contributed by atoms with Crippen LogP contribution in [0.5, 0.6) is 0 Å². The zero-order valence-corrected chi connectivity index (χ0v) is 8.10. The molecule has 3 N–H and O–H groups in total. The Kier molecular flexibility index (Phi) is 5.16. The van der Waals surface area contributed by atoms with Crippen LogP contribution < -0.4 is 0 Å². The summed E-state index contributed by atoms with van der Waals surface area (Å²) in [4.78, 5) is 12.2. The molecule has 0 rings (SSSR count). The minimum atomic E-state index is -1.69. The van der Waals surface area contributed by atoms with E-state index in [1.165, 1.54) is 11.8 Å². The van der Waals surface area contributed by atoms with Gasteiger partial charge in [-0.15, -0.1) is 6.42 Å². The second-order valence-corrected chi connectivity index (χ2v) is 3.12. The summed E-state index contributed by atoms with van der Waals surface area (Å²) >= 11 is 0. The van der Waals surface area contributed by atoms with Gasteiger partial charge in [-0.2, -0.15) is 0 Å². The molecule has 0 saturated carbocycles. The molecule has 1 amide bonds. The van der Waals surface area contributed by atoms with Crippen LogP contribution in [0.3, 0.4) is 0 Å². The van der Waals surface area contributed by atoms with Crippen molar-refractivity contribution in [1.29, 1.82) is 0 Å². The highest BCUT2D eigenvalue weighted by Gasteiger charge is 2.28. The Morgan fingerprint density at radius 1 is 1.50 bits per heavy atom. The molecule has 0 aliphatic heterocycles. The summed E-state index contributed by atoms with van der Waals surface area (Å²) in [6, 6.07) is 0. The Labute approximate surface area is 83.0 Å². The Morgan fingerprint density at radius 2 is 2.00 bits per heavy atom. The Morgan fingerprint density at radius 3 is 2.29 bits per heavy atom. The second-order valence-electron chi connectivity index (χ2n) is 3.12. The predicted octanol–water partition coefficient (Wildman–Crippen LogP) is -1.82. The summed E-state index contributed by atoms with van der Waals surface area (Å²) in [6.45, 7) is -0.0978. The fourth-order valence-electron chi connectivity index (χ4n) is 0.894. The van der Waals surface area contributed by atoms with E-state index in [9.17, 15) is 9.90 Å². The van der Waals surface area contributed by atoms with Gasteiger partial charge in [-0.1, -0.05) is 5.92 Å². The first-order valence-corrected chi connectivity index (χ1v) is 4.12. The maximum atomic E-state index is 11.0. The van der Waals surface area contributed by atoms with Crippen molar-refractivity contribution in [3.63, 3.8) is 0 Å². The average molecular weight is 201 g/mol. The fraction of sp³-hybridized carbons (Fsp3) is 0.667. The van der Waals surface area contributed by atoms with Crippen molar-refractivity contribution in [2.24, 2.45) is 0 Å². The van der Waals surface area contributed by atoms with Gasteiger partial charge in [-0.05, 0) is 0 Å². The van der Waals surface area contributed by atoms with Gasteiger partial charge in [-0.3, -0.25) is 4.79 Å². The fourth-order valence-corrected chi connectivity index (χ4v) is 0.894. The van der Waals surface area contributed by atoms with E-state index in [2.05, 4.69) is 5.92 Å². The molecule has 0 heterocycles. The molecule has 0 radical (unpaired) electrons. The van der Waals surface area contributed by atoms with Crippen LogP contribution in [-0.4, -0.2) is 58.0 Å². The van der Waals surface area contributed by atoms with Crippen LogP contribution in [0.25, 0.3) is 0 Å². The third kappa shape index (κ3) is 3.75. The Hall–Kier alpha value is -1.09. The van der Waals surface area contributed by atoms with Gasteiger partial charge in [0, 0.05) is 6.92 Å². The molecule has 14 heavy (non-hydrogen) atoms. The van der Waals surface area contributed by atoms with Crippen molar-refractivity contribution in [1.82, 2.24) is 4.90 Å². The van der Waals surface area contributed by atoms with Crippen molar-refractivity contribution in [3.05, 3.63) is 0 Å². The highest BCUT2D eigenvalue weighted by molar-refractivity contribution is 5.73. The normalized spacial score (nSPS) is 10.8. The molecular formula is C9H15NO4. The zero-order chi connectivity index (χ0) is 11.2. The van der Waals surface area contributed by atoms with Crippen molar-refractivity contribution in [2.75, 3.05) is 26.3 Å². The van der Waals surface area contributed by atoms with E-state index in [1.54, 1.807) is 0 Å². The Bertz CT molecular complexity index is 229. The number of aliphatic hydroxyl groups excluding tert-OH is 2. The number of hydrogen-bond acceptors (Lipinski definition) is 4. The molecule has 0 aromatic heterocycles. The van der Waals surface area contributed by atoms with Crippen molar-refractivity contribution in [3.8, 4) is 12.3 Å². The highest BCUT2D eigenvalue weighted by Crippen LogP contribution is 2.05. The standard InChI is InChI=1S/C9H15NO4/c1-3-4-10(8(2)13)5-9(14,6-11)7-12/h1,11-12,14H,4-7H2,2H3. The number of carbonyl (C=O) groups is 1. The monoisotopic (exact) mass is 201 g/mol. The lowest BCUT2D eigenvalue weighted by molar-refractivity contribution is -0.135. The number of aliphatic hydroxyl groups is 3. The van der Waals surface area contributed by atoms with Crippen molar-refractivity contribution >= 4 is 5.91 Å². The van der Waals surface area contributed by atoms with Gasteiger partial charge in [0.2, 0.25) is 5.91 Å². The van der Waals surface area contributed by atoms with Crippen LogP contribution in [-0.2, 0) is 4.79 Å². The summed E-state index contributed by atoms with van der Waals surface area (Å²) < 4.78 is 0. The zero-order valence-electron chi connectivity index (χ0n) is 8.10. The van der Waals surface area contributed by atoms with Crippen LogP contribution in [0.1, 0.15) is 6.92 Å². The van der Waals surface area contributed by atoms with Gasteiger partial charge < -0.3 is 20.2 Å². The number of carbonyl (C=O) groups excluding carboxylic acids is 1. The van der Waals surface area contributed by atoms with E-state index >= 15 is 0 Å². The number of rotatable bonds is 5. The molecule has 80 valence electrons. The molecule has 0 atom stereocenters. The largest absolute Gasteiger partial charge is 0.393 e. The number of hydrogen-bond donors (Lipinski definition) is 3. The molecule has 0 unspecified atom stereocenters. The van der Waals surface area contributed by atoms with E-state index in [0.29, 0.717) is 0 Å². The minimum absolute atomic E-state index is 0.0393. The van der Waals surface area contributed by atoms with E-state index in [0.717, 1.165) is 0 Å². The first kappa shape index (κ1) is 12.9. The number of nitrogens with zero attached hydrogens (tertiary/aromatic N) is 1. The SMILES string of the molecule is C#CCN(CC(O)(CO)CO)C(C)=O. The lowest BCUT2D eigenvalue weighted by Crippen LogP contribution is -2.50. The third-order valence-electron chi connectivity index (χ3n) is 1.80. The smallest absolute Gasteiger partial charge is 0.220 e. The molecular weight excluding hydrogens is 186 g/mol. The number of amides is 1. The summed E-state index contributed by atoms with van der Waals surface area (Å²) in [5.74, 6) is 1.93. The summed E-state index contributed by atoms with van der Waals surface area (Å²) in [5, 5.41) is 27.1. The van der Waals surface area contributed by atoms with E-state index < -0.39 is 18.8 Å². The van der Waals surface area contributed by atoms with Gasteiger partial charge in [0.1, 0.15) is 5.60 Å². The van der Waals surface area contributed by atoms with E-state index in [4.69, 9.17) is 16.6 Å². The lowest BCUT2D eigenvalue weighted by Gasteiger charge is -2.29. The van der Waals surface area contributed by atoms with Gasteiger partial charge in [0.25, 0.3) is 0 Å². The van der Waals surface area contributed by atoms with Gasteiger partial charge in [0.15, 0.2) is 0 Å². The van der Waals surface area contributed by atoms with Crippen LogP contribution in [0, 0.1) is 12.3 Å². The molecule has 0 fully saturated rings. The molecule has 0 spiro atoms. The summed E-state index contributed by atoms with van der Waals surface area (Å²) in [5.41, 5.74) is -1.69. The van der Waals surface area contributed by atoms with Gasteiger partial charge in [0.05, 0.1) is 26.3 Å². The van der Waals surface area contributed by atoms with Gasteiger partial charge in [-0.25, -0.2) is 0 Å². The van der Waals surface area contributed by atoms with Crippen LogP contribution in [0.2, 0.25) is 0 Å². The lowest BCUT2D eigenvalue weighted by atomic mass is 10.1. The molecule has 0 aromatic rings. The molecule has 0 saturated heterocycles. The molecule has 0 aliphatic carbocycles. The first-order valence-electron chi connectivity index (χ1n) is 4.12. The minimum Gasteiger partial charge on any atom is -0.393 e. The summed E-state index contributed by atoms with van der Waals surface area (Å²) in [7, 11) is 0. The third-order valence-corrected chi connectivity index (χ3v) is 1.80. The quantitative estimate of drug-likeness (QED) is 0.458. The molecule has 0 bridgehead atoms. The maximum absolute atomic E-state index is 11.0. The average Bonchev–Trinajstić information content (AvgIpc) is 2.17. The van der Waals surface area contributed by atoms with Crippen LogP contribution in [0.15, 0.2) is 0 Å². The molecule has 0 aliphatic rings. The molecule has 0 aromatic carbocycles. The van der Waals surface area contributed by atoms with Crippen molar-refractivity contribution in [2.45, 2.75) is 12.5 Å². The molecule has 5 nitrogen and oxygen atoms in total. The van der Waals surface area contributed by atoms with Crippen molar-refractivity contribution < 1.29 is 20.1 Å². The predicted molar refractivity (Wildman–Crippen MR) is 50.2 cm³/mol. The second kappa shape index (κ2) is 5.60.